The van der Waals surface area contributed by atoms with Crippen LogP contribution in [0.1, 0.15) is 57.8 Å². The van der Waals surface area contributed by atoms with Crippen LogP contribution in [0.4, 0.5) is 4.79 Å². The highest BCUT2D eigenvalue weighted by molar-refractivity contribution is 5.75. The number of hydrogen-bond acceptors (Lipinski definition) is 2. The summed E-state index contributed by atoms with van der Waals surface area (Å²) in [4.78, 5) is 14.3. The zero-order valence-corrected chi connectivity index (χ0v) is 11.4. The maximum Gasteiger partial charge on any atom is 0.317 e. The lowest BCUT2D eigenvalue weighted by Crippen LogP contribution is -2.51. The fourth-order valence-corrected chi connectivity index (χ4v) is 3.19. The maximum atomic E-state index is 12.3. The average Bonchev–Trinajstić information content (AvgIpc) is 2.64. The Hall–Kier alpha value is -0.770. The van der Waals surface area contributed by atoms with Crippen LogP contribution in [0, 0.1) is 0 Å². The van der Waals surface area contributed by atoms with E-state index in [0.717, 1.165) is 32.2 Å². The Morgan fingerprint density at radius 2 is 1.72 bits per heavy atom. The Labute approximate surface area is 110 Å². The molecule has 0 aromatic carbocycles. The molecule has 4 nitrogen and oxygen atoms in total. The highest BCUT2D eigenvalue weighted by atomic mass is 16.2. The van der Waals surface area contributed by atoms with Crippen molar-refractivity contribution in [3.05, 3.63) is 0 Å². The van der Waals surface area contributed by atoms with E-state index < -0.39 is 0 Å². The Bertz CT molecular complexity index is 264. The van der Waals surface area contributed by atoms with E-state index in [-0.39, 0.29) is 12.1 Å². The summed E-state index contributed by atoms with van der Waals surface area (Å²) < 4.78 is 0. The zero-order valence-electron chi connectivity index (χ0n) is 11.4. The van der Waals surface area contributed by atoms with Crippen molar-refractivity contribution >= 4 is 6.03 Å². The molecule has 1 heterocycles. The Morgan fingerprint density at radius 1 is 1.06 bits per heavy atom. The van der Waals surface area contributed by atoms with Crippen LogP contribution in [0.15, 0.2) is 0 Å². The number of likely N-dealkylation sites (tertiary alicyclic amines) is 1. The lowest BCUT2D eigenvalue weighted by atomic mass is 9.96. The maximum absolute atomic E-state index is 12.3. The average molecular weight is 253 g/mol. The molecular formula is C14H27N3O. The predicted molar refractivity (Wildman–Crippen MR) is 73.4 cm³/mol. The van der Waals surface area contributed by atoms with Gasteiger partial charge in [-0.15, -0.1) is 0 Å². The van der Waals surface area contributed by atoms with Crippen LogP contribution < -0.4 is 11.1 Å². The van der Waals surface area contributed by atoms with E-state index in [0.29, 0.717) is 12.6 Å². The van der Waals surface area contributed by atoms with E-state index in [1.807, 2.05) is 4.90 Å². The van der Waals surface area contributed by atoms with Crippen LogP contribution in [-0.2, 0) is 0 Å². The van der Waals surface area contributed by atoms with Gasteiger partial charge in [-0.1, -0.05) is 32.1 Å². The highest BCUT2D eigenvalue weighted by Crippen LogP contribution is 2.19. The van der Waals surface area contributed by atoms with Gasteiger partial charge in [0.15, 0.2) is 0 Å². The minimum absolute atomic E-state index is 0.124. The smallest absolute Gasteiger partial charge is 0.317 e. The van der Waals surface area contributed by atoms with E-state index in [1.165, 1.54) is 32.1 Å². The van der Waals surface area contributed by atoms with Crippen molar-refractivity contribution in [2.75, 3.05) is 13.1 Å². The molecule has 1 saturated heterocycles. The normalized spacial score (nSPS) is 26.7. The van der Waals surface area contributed by atoms with Gasteiger partial charge >= 0.3 is 6.03 Å². The molecule has 104 valence electrons. The van der Waals surface area contributed by atoms with Gasteiger partial charge in [-0.05, 0) is 25.7 Å². The van der Waals surface area contributed by atoms with E-state index in [2.05, 4.69) is 5.32 Å². The molecule has 0 aromatic rings. The van der Waals surface area contributed by atoms with Crippen LogP contribution in [0.3, 0.4) is 0 Å². The van der Waals surface area contributed by atoms with Crippen LogP contribution in [0.25, 0.3) is 0 Å². The first-order valence-corrected chi connectivity index (χ1v) is 7.58. The van der Waals surface area contributed by atoms with Gasteiger partial charge in [-0.25, -0.2) is 4.79 Å². The molecular weight excluding hydrogens is 226 g/mol. The molecule has 1 unspecified atom stereocenters. The van der Waals surface area contributed by atoms with Crippen LogP contribution >= 0.6 is 0 Å². The third-order valence-electron chi connectivity index (χ3n) is 4.34. The first kappa shape index (κ1) is 13.7. The minimum Gasteiger partial charge on any atom is -0.335 e. The van der Waals surface area contributed by atoms with E-state index in [1.54, 1.807) is 0 Å². The molecule has 1 saturated carbocycles. The molecule has 1 aliphatic carbocycles. The molecule has 0 spiro atoms. The summed E-state index contributed by atoms with van der Waals surface area (Å²) in [5, 5.41) is 3.21. The monoisotopic (exact) mass is 253 g/mol. The number of nitrogens with one attached hydrogen (secondary N) is 1. The van der Waals surface area contributed by atoms with Gasteiger partial charge in [0.2, 0.25) is 0 Å². The molecule has 2 rings (SSSR count). The van der Waals surface area contributed by atoms with Gasteiger partial charge in [-0.3, -0.25) is 0 Å². The van der Waals surface area contributed by atoms with E-state index in [4.69, 9.17) is 5.73 Å². The molecule has 2 amide bonds. The third-order valence-corrected chi connectivity index (χ3v) is 4.34. The summed E-state index contributed by atoms with van der Waals surface area (Å²) in [6.07, 6.45) is 10.7. The number of hydrogen-bond donors (Lipinski definition) is 2. The van der Waals surface area contributed by atoms with Crippen molar-refractivity contribution < 1.29 is 4.79 Å². The van der Waals surface area contributed by atoms with Crippen molar-refractivity contribution in [3.8, 4) is 0 Å². The van der Waals surface area contributed by atoms with Crippen LogP contribution in [0.2, 0.25) is 0 Å². The zero-order chi connectivity index (χ0) is 12.8. The molecule has 4 heteroatoms. The molecule has 3 N–H and O–H groups in total. The second kappa shape index (κ2) is 6.98. The molecule has 1 aliphatic heterocycles. The summed E-state index contributed by atoms with van der Waals surface area (Å²) in [5.41, 5.74) is 5.81. The molecule has 2 fully saturated rings. The summed E-state index contributed by atoms with van der Waals surface area (Å²) in [5.74, 6) is 0. The minimum atomic E-state index is 0.124. The fraction of sp³-hybridized carbons (Fsp3) is 0.929. The van der Waals surface area contributed by atoms with Gasteiger partial charge < -0.3 is 16.0 Å². The summed E-state index contributed by atoms with van der Waals surface area (Å²) in [6.45, 7) is 1.47. The van der Waals surface area contributed by atoms with Crippen LogP contribution in [-0.4, -0.2) is 36.1 Å². The number of carbonyl (C=O) groups is 1. The molecule has 0 bridgehead atoms. The van der Waals surface area contributed by atoms with Crippen molar-refractivity contribution in [3.63, 3.8) is 0 Å². The summed E-state index contributed by atoms with van der Waals surface area (Å²) in [7, 11) is 0. The predicted octanol–water partition coefficient (Wildman–Crippen LogP) is 2.23. The van der Waals surface area contributed by atoms with Gasteiger partial charge in [0.1, 0.15) is 0 Å². The number of nitrogens with zero attached hydrogens (tertiary/aromatic N) is 1. The quantitative estimate of drug-likeness (QED) is 0.793. The first-order chi connectivity index (χ1) is 8.81. The Balaban J connectivity index is 1.88. The molecule has 0 radical (unpaired) electrons. The number of carbonyl (C=O) groups excluding carboxylic acids is 1. The van der Waals surface area contributed by atoms with Crippen molar-refractivity contribution in [2.24, 2.45) is 5.73 Å². The van der Waals surface area contributed by atoms with E-state index >= 15 is 0 Å². The van der Waals surface area contributed by atoms with Crippen molar-refractivity contribution in [2.45, 2.75) is 69.9 Å². The highest BCUT2D eigenvalue weighted by Gasteiger charge is 2.26. The molecule has 1 atom stereocenters. The van der Waals surface area contributed by atoms with Crippen molar-refractivity contribution in [1.29, 1.82) is 0 Å². The second-order valence-electron chi connectivity index (χ2n) is 5.72. The standard InChI is InChI=1S/C14H27N3O/c15-11-13-9-5-2-6-10-17(13)14(18)16-12-7-3-1-4-8-12/h12-13H,1-11,15H2,(H,16,18). The lowest BCUT2D eigenvalue weighted by Gasteiger charge is -2.32. The second-order valence-corrected chi connectivity index (χ2v) is 5.72. The third kappa shape index (κ3) is 3.61. The van der Waals surface area contributed by atoms with Crippen molar-refractivity contribution in [1.82, 2.24) is 10.2 Å². The van der Waals surface area contributed by atoms with Gasteiger partial charge in [0, 0.05) is 25.2 Å². The van der Waals surface area contributed by atoms with Crippen LogP contribution in [0.5, 0.6) is 0 Å². The lowest BCUT2D eigenvalue weighted by molar-refractivity contribution is 0.170. The van der Waals surface area contributed by atoms with Gasteiger partial charge in [0.25, 0.3) is 0 Å². The fourth-order valence-electron chi connectivity index (χ4n) is 3.19. The Kier molecular flexibility index (Phi) is 5.29. The number of urea groups is 1. The van der Waals surface area contributed by atoms with Gasteiger partial charge in [0.05, 0.1) is 0 Å². The number of amides is 2. The molecule has 18 heavy (non-hydrogen) atoms. The SMILES string of the molecule is NCC1CCCCCN1C(=O)NC1CCCCC1. The molecule has 0 aromatic heterocycles. The first-order valence-electron chi connectivity index (χ1n) is 7.58. The molecule has 2 aliphatic rings. The summed E-state index contributed by atoms with van der Waals surface area (Å²) >= 11 is 0. The Morgan fingerprint density at radius 3 is 2.44 bits per heavy atom. The number of nitrogens with two attached hydrogens (primary N) is 1. The largest absolute Gasteiger partial charge is 0.335 e. The van der Waals surface area contributed by atoms with E-state index in [9.17, 15) is 4.79 Å². The summed E-state index contributed by atoms with van der Waals surface area (Å²) in [6, 6.07) is 0.767. The number of rotatable bonds is 2. The van der Waals surface area contributed by atoms with Gasteiger partial charge in [-0.2, -0.15) is 0 Å². The topological polar surface area (TPSA) is 58.4 Å².